The van der Waals surface area contributed by atoms with E-state index in [2.05, 4.69) is 30.6 Å². The van der Waals surface area contributed by atoms with Crippen molar-refractivity contribution in [3.63, 3.8) is 0 Å². The fourth-order valence-electron chi connectivity index (χ4n) is 2.08. The Kier molecular flexibility index (Phi) is 4.70. The minimum Gasteiger partial charge on any atom is -0.319 e. The third-order valence-corrected chi connectivity index (χ3v) is 3.26. The van der Waals surface area contributed by atoms with Gasteiger partial charge in [-0.25, -0.2) is 9.97 Å². The molecule has 2 heterocycles. The Balaban J connectivity index is 1.83. The van der Waals surface area contributed by atoms with Gasteiger partial charge in [-0.1, -0.05) is 6.07 Å². The summed E-state index contributed by atoms with van der Waals surface area (Å²) in [5.41, 5.74) is 2.17. The number of carbonyl (C=O) groups excluding carboxylic acids is 2. The van der Waals surface area contributed by atoms with E-state index in [9.17, 15) is 9.59 Å². The first kappa shape index (κ1) is 16.2. The van der Waals surface area contributed by atoms with Crippen molar-refractivity contribution in [3.8, 4) is 0 Å². The van der Waals surface area contributed by atoms with Gasteiger partial charge in [-0.15, -0.1) is 0 Å². The van der Waals surface area contributed by atoms with Crippen LogP contribution in [0.25, 0.3) is 0 Å². The van der Waals surface area contributed by atoms with E-state index in [1.165, 1.54) is 37.2 Å². The molecule has 0 unspecified atom stereocenters. The topological polar surface area (TPSA) is 110 Å². The summed E-state index contributed by atoms with van der Waals surface area (Å²) in [6, 6.07) is 5.28. The van der Waals surface area contributed by atoms with Crippen molar-refractivity contribution in [1.29, 1.82) is 0 Å². The van der Waals surface area contributed by atoms with Crippen LogP contribution in [-0.2, 0) is 0 Å². The number of anilines is 2. The van der Waals surface area contributed by atoms with Gasteiger partial charge in [0.25, 0.3) is 11.8 Å². The number of aromatic nitrogens is 4. The second-order valence-electron chi connectivity index (χ2n) is 5.14. The van der Waals surface area contributed by atoms with Crippen LogP contribution < -0.4 is 10.6 Å². The largest absolute Gasteiger partial charge is 0.319 e. The molecule has 0 atom stereocenters. The van der Waals surface area contributed by atoms with Gasteiger partial charge in [0.15, 0.2) is 0 Å². The van der Waals surface area contributed by atoms with Crippen LogP contribution in [0.5, 0.6) is 0 Å². The predicted molar refractivity (Wildman–Crippen MR) is 91.1 cm³/mol. The second-order valence-corrected chi connectivity index (χ2v) is 5.14. The molecule has 8 nitrogen and oxygen atoms in total. The lowest BCUT2D eigenvalue weighted by molar-refractivity contribution is 0.101. The third kappa shape index (κ3) is 3.99. The number of nitrogens with one attached hydrogen (secondary N) is 2. The zero-order valence-corrected chi connectivity index (χ0v) is 13.3. The third-order valence-electron chi connectivity index (χ3n) is 3.26. The van der Waals surface area contributed by atoms with Crippen molar-refractivity contribution in [2.75, 3.05) is 10.6 Å². The summed E-state index contributed by atoms with van der Waals surface area (Å²) in [6.45, 7) is 1.88. The van der Waals surface area contributed by atoms with Crippen molar-refractivity contribution in [2.45, 2.75) is 6.92 Å². The van der Waals surface area contributed by atoms with Gasteiger partial charge in [0.1, 0.15) is 11.4 Å². The summed E-state index contributed by atoms with van der Waals surface area (Å²) in [7, 11) is 0. The van der Waals surface area contributed by atoms with Gasteiger partial charge in [-0.2, -0.15) is 0 Å². The number of amides is 2. The first-order valence-corrected chi connectivity index (χ1v) is 7.39. The standard InChI is InChI=1S/C17H14N6O2/c1-11-2-3-12(22-16(24)14-9-18-4-6-20-14)13(8-11)23-17(25)15-10-19-5-7-21-15/h2-10H,1H3,(H,22,24)(H,23,25). The number of nitrogens with zero attached hydrogens (tertiary/aromatic N) is 4. The maximum Gasteiger partial charge on any atom is 0.275 e. The van der Waals surface area contributed by atoms with Crippen LogP contribution in [-0.4, -0.2) is 31.8 Å². The van der Waals surface area contributed by atoms with E-state index in [-0.39, 0.29) is 11.4 Å². The van der Waals surface area contributed by atoms with Crippen molar-refractivity contribution in [2.24, 2.45) is 0 Å². The van der Waals surface area contributed by atoms with Crippen molar-refractivity contribution in [1.82, 2.24) is 19.9 Å². The van der Waals surface area contributed by atoms with E-state index in [1.807, 2.05) is 13.0 Å². The van der Waals surface area contributed by atoms with E-state index in [1.54, 1.807) is 12.1 Å². The van der Waals surface area contributed by atoms with Crippen LogP contribution in [0, 0.1) is 6.92 Å². The molecule has 0 radical (unpaired) electrons. The Labute approximate surface area is 143 Å². The molecule has 0 spiro atoms. The lowest BCUT2D eigenvalue weighted by Crippen LogP contribution is -2.18. The summed E-state index contributed by atoms with van der Waals surface area (Å²) in [5.74, 6) is -0.847. The predicted octanol–water partition coefficient (Wildman–Crippen LogP) is 2.08. The summed E-state index contributed by atoms with van der Waals surface area (Å²) < 4.78 is 0. The average molecular weight is 334 g/mol. The van der Waals surface area contributed by atoms with Gasteiger partial charge in [0.05, 0.1) is 23.8 Å². The van der Waals surface area contributed by atoms with Gasteiger partial charge >= 0.3 is 0 Å². The Hall–Kier alpha value is -3.68. The molecule has 2 amide bonds. The van der Waals surface area contributed by atoms with Crippen LogP contribution in [0.2, 0.25) is 0 Å². The molecule has 3 aromatic rings. The Bertz CT molecular complexity index is 900. The first-order valence-electron chi connectivity index (χ1n) is 7.39. The van der Waals surface area contributed by atoms with Crippen LogP contribution in [0.4, 0.5) is 11.4 Å². The lowest BCUT2D eigenvalue weighted by atomic mass is 10.2. The smallest absolute Gasteiger partial charge is 0.275 e. The van der Waals surface area contributed by atoms with Gasteiger partial charge in [0.2, 0.25) is 0 Å². The minimum absolute atomic E-state index is 0.175. The highest BCUT2D eigenvalue weighted by atomic mass is 16.2. The van der Waals surface area contributed by atoms with E-state index in [0.29, 0.717) is 11.4 Å². The van der Waals surface area contributed by atoms with E-state index in [0.717, 1.165) is 5.56 Å². The molecular formula is C17H14N6O2. The highest BCUT2D eigenvalue weighted by Crippen LogP contribution is 2.24. The molecule has 0 aliphatic rings. The lowest BCUT2D eigenvalue weighted by Gasteiger charge is -2.12. The van der Waals surface area contributed by atoms with Crippen molar-refractivity contribution >= 4 is 23.2 Å². The molecule has 0 bridgehead atoms. The highest BCUT2D eigenvalue weighted by molar-refractivity contribution is 6.08. The minimum atomic E-state index is -0.424. The van der Waals surface area contributed by atoms with Gasteiger partial charge < -0.3 is 10.6 Å². The molecular weight excluding hydrogens is 320 g/mol. The fourth-order valence-corrected chi connectivity index (χ4v) is 2.08. The SMILES string of the molecule is Cc1ccc(NC(=O)c2cnccn2)c(NC(=O)c2cnccn2)c1. The van der Waals surface area contributed by atoms with Crippen LogP contribution in [0.1, 0.15) is 26.5 Å². The molecule has 2 aromatic heterocycles. The number of carbonyl (C=O) groups is 2. The fraction of sp³-hybridized carbons (Fsp3) is 0.0588. The number of hydrogen-bond acceptors (Lipinski definition) is 6. The highest BCUT2D eigenvalue weighted by Gasteiger charge is 2.14. The van der Waals surface area contributed by atoms with Gasteiger partial charge in [-0.05, 0) is 24.6 Å². The summed E-state index contributed by atoms with van der Waals surface area (Å²) in [4.78, 5) is 40.2. The second kappa shape index (κ2) is 7.26. The molecule has 0 saturated carbocycles. The molecule has 8 heteroatoms. The van der Waals surface area contributed by atoms with E-state index in [4.69, 9.17) is 0 Å². The molecule has 124 valence electrons. The van der Waals surface area contributed by atoms with Crippen LogP contribution in [0.15, 0.2) is 55.4 Å². The first-order chi connectivity index (χ1) is 12.1. The molecule has 0 aliphatic carbocycles. The molecule has 0 fully saturated rings. The zero-order valence-electron chi connectivity index (χ0n) is 13.3. The molecule has 25 heavy (non-hydrogen) atoms. The van der Waals surface area contributed by atoms with Crippen LogP contribution >= 0.6 is 0 Å². The summed E-state index contributed by atoms with van der Waals surface area (Å²) in [5, 5.41) is 5.45. The molecule has 2 N–H and O–H groups in total. The summed E-state index contributed by atoms with van der Waals surface area (Å²) >= 11 is 0. The average Bonchev–Trinajstić information content (AvgIpc) is 2.65. The van der Waals surface area contributed by atoms with E-state index < -0.39 is 11.8 Å². The molecule has 1 aromatic carbocycles. The Morgan fingerprint density at radius 3 is 1.88 bits per heavy atom. The normalized spacial score (nSPS) is 10.1. The monoisotopic (exact) mass is 334 g/mol. The number of rotatable bonds is 4. The maximum absolute atomic E-state index is 12.3. The van der Waals surface area contributed by atoms with E-state index >= 15 is 0 Å². The number of hydrogen-bond donors (Lipinski definition) is 2. The molecule has 0 saturated heterocycles. The van der Waals surface area contributed by atoms with Gasteiger partial charge in [0, 0.05) is 24.8 Å². The number of benzene rings is 1. The maximum atomic E-state index is 12.3. The van der Waals surface area contributed by atoms with Gasteiger partial charge in [-0.3, -0.25) is 19.6 Å². The molecule has 0 aliphatic heterocycles. The van der Waals surface area contributed by atoms with Crippen molar-refractivity contribution < 1.29 is 9.59 Å². The Morgan fingerprint density at radius 1 is 0.800 bits per heavy atom. The summed E-state index contributed by atoms with van der Waals surface area (Å²) in [6.07, 6.45) is 8.55. The quantitative estimate of drug-likeness (QED) is 0.756. The molecule has 3 rings (SSSR count). The number of aryl methyl sites for hydroxylation is 1. The van der Waals surface area contributed by atoms with Crippen LogP contribution in [0.3, 0.4) is 0 Å². The van der Waals surface area contributed by atoms with Crippen molar-refractivity contribution in [3.05, 3.63) is 72.3 Å². The Morgan fingerprint density at radius 2 is 1.36 bits per heavy atom. The zero-order chi connectivity index (χ0) is 17.6.